The Bertz CT molecular complexity index is 2660. The molecule has 39 heteroatoms. The highest BCUT2D eigenvalue weighted by Gasteiger charge is 2.59. The van der Waals surface area contributed by atoms with E-state index in [0.717, 1.165) is 77.0 Å². The van der Waals surface area contributed by atoms with Gasteiger partial charge in [-0.3, -0.25) is 18.6 Å². The molecule has 110 heavy (non-hydrogen) atoms. The van der Waals surface area contributed by atoms with E-state index >= 15 is 0 Å². The van der Waals surface area contributed by atoms with Crippen LogP contribution in [0.15, 0.2) is 24.3 Å². The highest BCUT2D eigenvalue weighted by atomic mass is 31.2. The normalized spacial score (nSPS) is 38.8. The summed E-state index contributed by atoms with van der Waals surface area (Å²) in [6.45, 7) is -1.98. The number of unbranched alkanes of at least 4 members (excludes halogenated alkanes) is 18. The zero-order valence-electron chi connectivity index (χ0n) is 62.5. The van der Waals surface area contributed by atoms with Crippen molar-refractivity contribution < 1.29 is 187 Å². The number of aliphatic hydroxyl groups excluding tert-OH is 20. The lowest BCUT2D eigenvalue weighted by atomic mass is 9.84. The van der Waals surface area contributed by atoms with Crippen LogP contribution in [-0.2, 0) is 80.0 Å². The second-order valence-electron chi connectivity index (χ2n) is 29.0. The molecule has 1 saturated carbocycles. The second-order valence-corrected chi connectivity index (χ2v) is 30.4. The summed E-state index contributed by atoms with van der Waals surface area (Å²) in [4.78, 5) is 38.2. The Hall–Kier alpha value is -2.67. The number of carbonyl (C=O) groups excluding carboxylic acids is 2. The highest BCUT2D eigenvalue weighted by Crippen LogP contribution is 2.49. The van der Waals surface area contributed by atoms with Gasteiger partial charge in [0.05, 0.1) is 39.6 Å². The number of phosphoric acid groups is 1. The Morgan fingerprint density at radius 1 is 0.364 bits per heavy atom. The van der Waals surface area contributed by atoms with Gasteiger partial charge in [-0.25, -0.2) is 4.57 Å². The maximum atomic E-state index is 14.4. The molecule has 5 saturated heterocycles. The monoisotopic (exact) mass is 1620 g/mol. The van der Waals surface area contributed by atoms with E-state index in [1.807, 2.05) is 0 Å². The first-order valence-electron chi connectivity index (χ1n) is 38.7. The molecule has 6 rings (SSSR count). The van der Waals surface area contributed by atoms with Crippen LogP contribution in [0.5, 0.6) is 0 Å². The smallest absolute Gasteiger partial charge is 0.462 e. The van der Waals surface area contributed by atoms with Gasteiger partial charge in [-0.1, -0.05) is 134 Å². The topological polar surface area (TPSA) is 605 Å². The zero-order chi connectivity index (χ0) is 80.8. The summed E-state index contributed by atoms with van der Waals surface area (Å²) in [6, 6.07) is 0. The Morgan fingerprint density at radius 3 is 1.09 bits per heavy atom. The summed E-state index contributed by atoms with van der Waals surface area (Å²) in [5, 5.41) is 217. The number of carbonyl (C=O) groups is 2. The molecular formula is C71H125O38P. The minimum absolute atomic E-state index is 0.0364. The molecule has 0 bridgehead atoms. The molecule has 6 fully saturated rings. The molecule has 0 aromatic heterocycles. The van der Waals surface area contributed by atoms with E-state index in [1.54, 1.807) is 0 Å². The third-order valence-electron chi connectivity index (χ3n) is 20.3. The molecule has 0 amide bonds. The minimum atomic E-state index is -5.86. The molecule has 6 aliphatic rings. The van der Waals surface area contributed by atoms with Gasteiger partial charge in [-0.2, -0.15) is 0 Å². The van der Waals surface area contributed by atoms with Crippen molar-refractivity contribution in [3.05, 3.63) is 24.3 Å². The molecule has 38 nitrogen and oxygen atoms in total. The van der Waals surface area contributed by atoms with Gasteiger partial charge in [0.25, 0.3) is 0 Å². The van der Waals surface area contributed by atoms with Crippen LogP contribution in [0, 0.1) is 0 Å². The molecule has 1 aliphatic carbocycles. The lowest BCUT2D eigenvalue weighted by Gasteiger charge is -2.49. The number of aliphatic hydroxyl groups is 20. The maximum absolute atomic E-state index is 14.4. The molecule has 0 radical (unpaired) electrons. The molecule has 14 unspecified atom stereocenters. The van der Waals surface area contributed by atoms with Crippen molar-refractivity contribution in [1.29, 1.82) is 0 Å². The largest absolute Gasteiger partial charge is 0.472 e. The SMILES string of the molecule is CCCCC/C=C\C/C=C\CCCCCCCC(=O)OC[C@H](COP(=O)(O)O[C@@H]1C(O[C@@H]2OC(CO[C@@H]3OC(CO[C@@H]4OC(CO[C@@H]5OC(CO)[C@H](O)C(O)[C@@H]5O)[C@H](O)C(O)[C@@H]4O)[C@H](O)C(O)[C@@H]3O)[C@H](O)C(O)[C@@H]2O)C(O)[C@@H](O)C(O)[C@H]1O[C@H]1OC(CO)[C@@H](O)C(O)[C@H]1O)OC(=O)CCCCCCCCCCCCC. The van der Waals surface area contributed by atoms with Crippen LogP contribution in [0.1, 0.15) is 168 Å². The Kier molecular flexibility index (Phi) is 43.3. The lowest BCUT2D eigenvalue weighted by Crippen LogP contribution is -2.69. The van der Waals surface area contributed by atoms with Gasteiger partial charge in [0.15, 0.2) is 37.6 Å². The fourth-order valence-electron chi connectivity index (χ4n) is 13.4. The summed E-state index contributed by atoms with van der Waals surface area (Å²) in [6.07, 6.45) is -37.0. The standard InChI is InChI=1S/C71H125O38P/c1-3-5-7-9-11-13-15-16-17-18-20-21-23-25-27-29-44(74)96-33-38(101-45(75)30-28-26-24-22-19-14-12-10-8-6-4-2)34-100-110(94,95)109-66-64(107-70-62(92)52(82)47(77)40(32-73)103-70)57(87)56(86)58(88)65(66)108-71-63(93)55(85)50(80)43(106-71)37-99-69-61(91)54(84)49(79)42(105-69)36-98-68-60(90)53(83)48(78)41(104-68)35-97-67-59(89)51(81)46(76)39(31-72)102-67/h11,13,16-17,38-43,46-73,76-93H,3-10,12,14-15,18-37H2,1-2H3,(H,94,95)/b13-11-,17-16-/t38-,39?,40?,41?,42?,43?,46+,47-,48+,49+,50+,51?,52?,53?,54?,55?,56+,57?,58?,59+,60+,61+,62-,63+,64-,65?,66+,67-,68-,69-,70-,71+/m1/s1. The molecule has 5 heterocycles. The second kappa shape index (κ2) is 49.5. The van der Waals surface area contributed by atoms with Crippen LogP contribution in [0.2, 0.25) is 0 Å². The van der Waals surface area contributed by atoms with Gasteiger partial charge in [0.2, 0.25) is 0 Å². The van der Waals surface area contributed by atoms with Gasteiger partial charge in [-0.05, 0) is 44.9 Å². The molecule has 642 valence electrons. The van der Waals surface area contributed by atoms with Crippen LogP contribution >= 0.6 is 7.82 Å². The number of allylic oxidation sites excluding steroid dienone is 4. The number of ether oxygens (including phenoxy) is 12. The fraction of sp³-hybridized carbons (Fsp3) is 0.915. The van der Waals surface area contributed by atoms with Gasteiger partial charge in [-0.15, -0.1) is 0 Å². The zero-order valence-corrected chi connectivity index (χ0v) is 63.4. The number of rotatable bonds is 49. The van der Waals surface area contributed by atoms with Crippen molar-refractivity contribution in [1.82, 2.24) is 0 Å². The first-order chi connectivity index (χ1) is 52.5. The van der Waals surface area contributed by atoms with Gasteiger partial charge < -0.3 is 164 Å². The van der Waals surface area contributed by atoms with Crippen LogP contribution in [0.4, 0.5) is 0 Å². The molecule has 0 aromatic rings. The number of esters is 2. The van der Waals surface area contributed by atoms with Crippen LogP contribution in [-0.4, -0.2) is 361 Å². The summed E-state index contributed by atoms with van der Waals surface area (Å²) in [5.41, 5.74) is 0. The van der Waals surface area contributed by atoms with Crippen LogP contribution in [0.25, 0.3) is 0 Å². The van der Waals surface area contributed by atoms with Crippen molar-refractivity contribution in [3.63, 3.8) is 0 Å². The molecule has 21 N–H and O–H groups in total. The third kappa shape index (κ3) is 29.1. The molecular weight excluding hydrogens is 1490 g/mol. The van der Waals surface area contributed by atoms with E-state index in [2.05, 4.69) is 38.2 Å². The van der Waals surface area contributed by atoms with E-state index in [-0.39, 0.29) is 12.8 Å². The van der Waals surface area contributed by atoms with Crippen molar-refractivity contribution in [3.8, 4) is 0 Å². The average molecular weight is 1620 g/mol. The number of hydrogen-bond acceptors (Lipinski definition) is 37. The van der Waals surface area contributed by atoms with E-state index < -0.39 is 262 Å². The summed E-state index contributed by atoms with van der Waals surface area (Å²) >= 11 is 0. The predicted molar refractivity (Wildman–Crippen MR) is 375 cm³/mol. The summed E-state index contributed by atoms with van der Waals surface area (Å²) in [7, 11) is -5.86. The van der Waals surface area contributed by atoms with Crippen molar-refractivity contribution in [2.45, 2.75) is 364 Å². The molecule has 0 spiro atoms. The van der Waals surface area contributed by atoms with E-state index in [9.17, 15) is 121 Å². The van der Waals surface area contributed by atoms with E-state index in [4.69, 9.17) is 65.9 Å². The summed E-state index contributed by atoms with van der Waals surface area (Å²) in [5.74, 6) is -1.50. The highest BCUT2D eigenvalue weighted by molar-refractivity contribution is 7.47. The van der Waals surface area contributed by atoms with Crippen molar-refractivity contribution >= 4 is 19.8 Å². The Morgan fingerprint density at radius 2 is 0.682 bits per heavy atom. The van der Waals surface area contributed by atoms with Gasteiger partial charge in [0, 0.05) is 12.8 Å². The Labute approximate surface area is 639 Å². The van der Waals surface area contributed by atoms with E-state index in [0.29, 0.717) is 25.7 Å². The average Bonchev–Trinajstić information content (AvgIpc) is 0.758. The quantitative estimate of drug-likeness (QED) is 0.0121. The summed E-state index contributed by atoms with van der Waals surface area (Å²) < 4.78 is 92.7. The first-order valence-corrected chi connectivity index (χ1v) is 40.2. The molecule has 5 aliphatic heterocycles. The van der Waals surface area contributed by atoms with E-state index in [1.165, 1.54) is 38.5 Å². The third-order valence-corrected chi connectivity index (χ3v) is 21.3. The maximum Gasteiger partial charge on any atom is 0.472 e. The fourth-order valence-corrected chi connectivity index (χ4v) is 14.4. The Balaban J connectivity index is 1.14. The first kappa shape index (κ1) is 96.2. The minimum Gasteiger partial charge on any atom is -0.462 e. The number of hydrogen-bond donors (Lipinski definition) is 21. The lowest BCUT2D eigenvalue weighted by molar-refractivity contribution is -0.365. The van der Waals surface area contributed by atoms with Gasteiger partial charge in [0.1, 0.15) is 165 Å². The van der Waals surface area contributed by atoms with Crippen molar-refractivity contribution in [2.75, 3.05) is 46.2 Å². The number of phosphoric ester groups is 1. The van der Waals surface area contributed by atoms with Crippen molar-refractivity contribution in [2.24, 2.45) is 0 Å². The molecule has 33 atom stereocenters. The van der Waals surface area contributed by atoms with Crippen LogP contribution in [0.3, 0.4) is 0 Å². The van der Waals surface area contributed by atoms with Crippen LogP contribution < -0.4 is 0 Å². The predicted octanol–water partition coefficient (Wildman–Crippen LogP) is -3.60. The molecule has 0 aromatic carbocycles. The van der Waals surface area contributed by atoms with Gasteiger partial charge >= 0.3 is 19.8 Å².